The Morgan fingerprint density at radius 2 is 2.03 bits per heavy atom. The number of ether oxygens (including phenoxy) is 1. The van der Waals surface area contributed by atoms with Gasteiger partial charge in [-0.2, -0.15) is 18.4 Å². The van der Waals surface area contributed by atoms with Crippen LogP contribution in [0.2, 0.25) is 0 Å². The molecule has 0 spiro atoms. The lowest BCUT2D eigenvalue weighted by molar-refractivity contribution is -0.138. The molecule has 37 heavy (non-hydrogen) atoms. The van der Waals surface area contributed by atoms with Crippen molar-refractivity contribution >= 4 is 17.6 Å². The van der Waals surface area contributed by atoms with Gasteiger partial charge < -0.3 is 14.9 Å². The fraction of sp³-hybridized carbons (Fsp3) is 0.250. The molecule has 0 amide bonds. The summed E-state index contributed by atoms with van der Waals surface area (Å²) in [5.74, 6) is -1.03. The maximum Gasteiger partial charge on any atom is 0.416 e. The van der Waals surface area contributed by atoms with Gasteiger partial charge in [-0.25, -0.2) is 19.3 Å². The Hall–Kier alpha value is -4.41. The van der Waals surface area contributed by atoms with E-state index >= 15 is 0 Å². The number of alkyl halides is 3. The zero-order chi connectivity index (χ0) is 27.1. The number of carbonyl (C=O) groups is 1. The number of hydrogen-bond acceptors (Lipinski definition) is 8. The van der Waals surface area contributed by atoms with Gasteiger partial charge >= 0.3 is 17.8 Å². The number of aromatic amines is 1. The van der Waals surface area contributed by atoms with Gasteiger partial charge in [-0.1, -0.05) is 12.1 Å². The van der Waals surface area contributed by atoms with Gasteiger partial charge in [0.05, 0.1) is 36.5 Å². The van der Waals surface area contributed by atoms with Crippen LogP contribution in [0.3, 0.4) is 0 Å². The zero-order valence-electron chi connectivity index (χ0n) is 19.4. The van der Waals surface area contributed by atoms with Crippen LogP contribution in [0.1, 0.15) is 41.3 Å². The molecule has 0 unspecified atom stereocenters. The van der Waals surface area contributed by atoms with Gasteiger partial charge in [-0.3, -0.25) is 4.90 Å². The molecule has 1 aliphatic heterocycles. The SMILES string of the molecule is COC(=O)C1=C(C)N(c2cccc(C(F)(F)F)c2)c2n[nH]c(=O)n2[C@@H]1c1ccc(C#N)cc1[C@H](O)CO. The Morgan fingerprint density at radius 3 is 2.65 bits per heavy atom. The summed E-state index contributed by atoms with van der Waals surface area (Å²) in [6.07, 6.45) is -6.13. The molecule has 2 heterocycles. The van der Waals surface area contributed by atoms with Crippen molar-refractivity contribution in [2.24, 2.45) is 0 Å². The minimum Gasteiger partial charge on any atom is -0.466 e. The van der Waals surface area contributed by atoms with Gasteiger partial charge in [-0.15, -0.1) is 5.10 Å². The highest BCUT2D eigenvalue weighted by Gasteiger charge is 2.41. The predicted molar refractivity (Wildman–Crippen MR) is 122 cm³/mol. The second-order valence-electron chi connectivity index (χ2n) is 8.13. The van der Waals surface area contributed by atoms with E-state index in [9.17, 15) is 38.2 Å². The van der Waals surface area contributed by atoms with E-state index < -0.39 is 42.2 Å². The second-order valence-corrected chi connectivity index (χ2v) is 8.13. The lowest BCUT2D eigenvalue weighted by Crippen LogP contribution is -2.38. The highest BCUT2D eigenvalue weighted by atomic mass is 19.4. The van der Waals surface area contributed by atoms with Crippen molar-refractivity contribution in [3.05, 3.63) is 86.5 Å². The average Bonchev–Trinajstić information content (AvgIpc) is 3.26. The van der Waals surface area contributed by atoms with Crippen LogP contribution in [0.15, 0.2) is 58.5 Å². The van der Waals surface area contributed by atoms with Gasteiger partial charge in [0.2, 0.25) is 5.95 Å². The monoisotopic (exact) mass is 515 g/mol. The number of aromatic nitrogens is 3. The quantitative estimate of drug-likeness (QED) is 0.440. The first-order valence-electron chi connectivity index (χ1n) is 10.8. The molecule has 2 aromatic carbocycles. The van der Waals surface area contributed by atoms with Crippen molar-refractivity contribution < 1.29 is 32.9 Å². The van der Waals surface area contributed by atoms with Crippen LogP contribution in [0.4, 0.5) is 24.8 Å². The molecular formula is C24H20F3N5O5. The molecule has 10 nitrogen and oxygen atoms in total. The van der Waals surface area contributed by atoms with Gasteiger partial charge in [0, 0.05) is 11.4 Å². The molecule has 0 aliphatic carbocycles. The lowest BCUT2D eigenvalue weighted by Gasteiger charge is -2.36. The fourth-order valence-electron chi connectivity index (χ4n) is 4.36. The molecule has 0 saturated heterocycles. The first-order chi connectivity index (χ1) is 17.5. The Balaban J connectivity index is 2.05. The second kappa shape index (κ2) is 9.57. The summed E-state index contributed by atoms with van der Waals surface area (Å²) in [4.78, 5) is 27.3. The highest BCUT2D eigenvalue weighted by Crippen LogP contribution is 2.44. The number of nitrogens with one attached hydrogen (secondary N) is 1. The number of anilines is 2. The molecule has 1 aliphatic rings. The molecule has 4 rings (SSSR count). The third kappa shape index (κ3) is 4.37. The third-order valence-electron chi connectivity index (χ3n) is 6.02. The Bertz CT molecular complexity index is 1500. The van der Waals surface area contributed by atoms with Crippen molar-refractivity contribution in [1.82, 2.24) is 14.8 Å². The van der Waals surface area contributed by atoms with E-state index in [0.29, 0.717) is 0 Å². The minimum atomic E-state index is -4.65. The van der Waals surface area contributed by atoms with Crippen molar-refractivity contribution in [2.45, 2.75) is 25.2 Å². The molecule has 3 aromatic rings. The van der Waals surface area contributed by atoms with E-state index in [4.69, 9.17) is 4.74 Å². The minimum absolute atomic E-state index is 0.0251. The number of H-pyrrole nitrogens is 1. The van der Waals surface area contributed by atoms with E-state index in [-0.39, 0.29) is 39.6 Å². The van der Waals surface area contributed by atoms with Gasteiger partial charge in [0.1, 0.15) is 12.1 Å². The molecular weight excluding hydrogens is 495 g/mol. The van der Waals surface area contributed by atoms with E-state index in [0.717, 1.165) is 23.8 Å². The predicted octanol–water partition coefficient (Wildman–Crippen LogP) is 2.68. The standard InChI is InChI=1S/C24H20F3N5O5/c1-12-19(21(35)37-2)20(16-7-6-13(10-28)8-17(16)18(34)11-33)32-22(29-30-23(32)36)31(12)15-5-3-4-14(9-15)24(25,26)27/h3-9,18,20,33-34H,11H2,1-2H3,(H,30,36)/t18-,20-/m1/s1. The van der Waals surface area contributed by atoms with Crippen molar-refractivity contribution in [3.63, 3.8) is 0 Å². The third-order valence-corrected chi connectivity index (χ3v) is 6.02. The Morgan fingerprint density at radius 1 is 1.30 bits per heavy atom. The number of fused-ring (bicyclic) bond motifs is 1. The number of halogens is 3. The molecule has 0 radical (unpaired) electrons. The summed E-state index contributed by atoms with van der Waals surface area (Å²) < 4.78 is 46.3. The molecule has 0 fully saturated rings. The number of benzene rings is 2. The van der Waals surface area contributed by atoms with Gasteiger partial charge in [0.15, 0.2) is 0 Å². The van der Waals surface area contributed by atoms with Gasteiger partial charge in [0.25, 0.3) is 0 Å². The number of esters is 1. The number of allylic oxidation sites excluding steroid dienone is 1. The first kappa shape index (κ1) is 25.7. The van der Waals surface area contributed by atoms with Crippen LogP contribution >= 0.6 is 0 Å². The number of hydrogen-bond donors (Lipinski definition) is 3. The van der Waals surface area contributed by atoms with Crippen LogP contribution in [0.5, 0.6) is 0 Å². The number of aliphatic hydroxyl groups is 2. The van der Waals surface area contributed by atoms with Crippen molar-refractivity contribution in [3.8, 4) is 6.07 Å². The first-order valence-corrected chi connectivity index (χ1v) is 10.8. The molecule has 1 aromatic heterocycles. The number of nitrogens with zero attached hydrogens (tertiary/aromatic N) is 4. The van der Waals surface area contributed by atoms with E-state index in [1.54, 1.807) is 0 Å². The van der Waals surface area contributed by atoms with E-state index in [2.05, 4.69) is 10.2 Å². The fourth-order valence-corrected chi connectivity index (χ4v) is 4.36. The van der Waals surface area contributed by atoms with Crippen LogP contribution in [-0.4, -0.2) is 44.7 Å². The Labute approximate surface area is 207 Å². The summed E-state index contributed by atoms with van der Waals surface area (Å²) in [5.41, 5.74) is -1.43. The molecule has 2 atom stereocenters. The van der Waals surface area contributed by atoms with Crippen molar-refractivity contribution in [2.75, 3.05) is 18.6 Å². The summed E-state index contributed by atoms with van der Waals surface area (Å²) in [7, 11) is 1.10. The average molecular weight is 515 g/mol. The van der Waals surface area contributed by atoms with Crippen LogP contribution in [0.25, 0.3) is 0 Å². The number of carbonyl (C=O) groups excluding carboxylic acids is 1. The van der Waals surface area contributed by atoms with Gasteiger partial charge in [-0.05, 0) is 48.4 Å². The zero-order valence-corrected chi connectivity index (χ0v) is 19.4. The summed E-state index contributed by atoms with van der Waals surface area (Å²) >= 11 is 0. The number of nitriles is 1. The maximum absolute atomic E-state index is 13.4. The molecule has 0 saturated carbocycles. The van der Waals surface area contributed by atoms with Crippen LogP contribution < -0.4 is 10.6 Å². The van der Waals surface area contributed by atoms with Crippen LogP contribution in [-0.2, 0) is 15.7 Å². The lowest BCUT2D eigenvalue weighted by atomic mass is 9.88. The van der Waals surface area contributed by atoms with Crippen LogP contribution in [0, 0.1) is 11.3 Å². The number of aliphatic hydroxyl groups excluding tert-OH is 2. The molecule has 192 valence electrons. The molecule has 3 N–H and O–H groups in total. The topological polar surface area (TPSA) is 144 Å². The molecule has 13 heteroatoms. The highest BCUT2D eigenvalue weighted by molar-refractivity contribution is 5.93. The van der Waals surface area contributed by atoms with E-state index in [1.807, 2.05) is 6.07 Å². The largest absolute Gasteiger partial charge is 0.466 e. The summed E-state index contributed by atoms with van der Waals surface area (Å²) in [6.45, 7) is 0.725. The smallest absolute Gasteiger partial charge is 0.416 e. The number of rotatable bonds is 5. The maximum atomic E-state index is 13.4. The Kier molecular flexibility index (Phi) is 6.64. The summed E-state index contributed by atoms with van der Waals surface area (Å²) in [6, 6.07) is 9.05. The van der Waals surface area contributed by atoms with Crippen molar-refractivity contribution in [1.29, 1.82) is 5.26 Å². The number of methoxy groups -OCH3 is 1. The normalized spacial score (nSPS) is 16.3. The van der Waals surface area contributed by atoms with E-state index in [1.165, 1.54) is 42.2 Å². The summed E-state index contributed by atoms with van der Waals surface area (Å²) in [5, 5.41) is 35.7. The molecule has 0 bridgehead atoms.